The molecule has 9 nitrogen and oxygen atoms in total. The Morgan fingerprint density at radius 3 is 2.73 bits per heavy atom. The van der Waals surface area contributed by atoms with E-state index in [0.717, 1.165) is 21.9 Å². The molecule has 0 spiro atoms. The lowest BCUT2D eigenvalue weighted by atomic mass is 10.2. The number of amides is 1. The van der Waals surface area contributed by atoms with Crippen LogP contribution in [0.1, 0.15) is 0 Å². The lowest BCUT2D eigenvalue weighted by Gasteiger charge is -2.07. The van der Waals surface area contributed by atoms with Crippen LogP contribution in [0.4, 0.5) is 11.4 Å². The molecule has 0 saturated carbocycles. The number of benzene rings is 2. The van der Waals surface area contributed by atoms with Gasteiger partial charge in [-0.25, -0.2) is 0 Å². The van der Waals surface area contributed by atoms with Crippen LogP contribution in [0.25, 0.3) is 5.69 Å². The second-order valence-electron chi connectivity index (χ2n) is 4.94. The average Bonchev–Trinajstić information content (AvgIpc) is 3.09. The van der Waals surface area contributed by atoms with Crippen molar-refractivity contribution < 1.29 is 9.72 Å². The van der Waals surface area contributed by atoms with E-state index in [1.807, 2.05) is 24.3 Å². The van der Waals surface area contributed by atoms with Gasteiger partial charge in [-0.15, -0.1) is 5.10 Å². The number of para-hydroxylation sites is 3. The standard InChI is InChI=1S/C15H11BrN6O3S/c16-10-5-1-3-7-12(10)21-15(18-19-20-21)26-9-14(23)17-11-6-2-4-8-13(11)22(24)25/h1-8H,9H2,(H,17,23). The molecule has 0 fully saturated rings. The highest BCUT2D eigenvalue weighted by Gasteiger charge is 2.17. The molecular formula is C15H11BrN6O3S. The molecule has 1 heterocycles. The van der Waals surface area contributed by atoms with Crippen LogP contribution >= 0.6 is 27.7 Å². The van der Waals surface area contributed by atoms with Crippen LogP contribution in [0, 0.1) is 10.1 Å². The fourth-order valence-electron chi connectivity index (χ4n) is 2.10. The number of anilines is 1. The predicted molar refractivity (Wildman–Crippen MR) is 99.3 cm³/mol. The number of nitro benzene ring substituents is 1. The average molecular weight is 435 g/mol. The summed E-state index contributed by atoms with van der Waals surface area (Å²) in [6.07, 6.45) is 0. The van der Waals surface area contributed by atoms with Gasteiger partial charge in [0.1, 0.15) is 5.69 Å². The Hall–Kier alpha value is -2.79. The van der Waals surface area contributed by atoms with Crippen molar-refractivity contribution >= 4 is 45.0 Å². The van der Waals surface area contributed by atoms with Crippen LogP contribution < -0.4 is 5.32 Å². The van der Waals surface area contributed by atoms with Gasteiger partial charge in [-0.2, -0.15) is 4.68 Å². The van der Waals surface area contributed by atoms with Crippen LogP contribution in [0.15, 0.2) is 58.2 Å². The largest absolute Gasteiger partial charge is 0.320 e. The fourth-order valence-corrected chi connectivity index (χ4v) is 3.24. The quantitative estimate of drug-likeness (QED) is 0.359. The van der Waals surface area contributed by atoms with Crippen molar-refractivity contribution in [3.05, 3.63) is 63.1 Å². The molecule has 3 aromatic rings. The summed E-state index contributed by atoms with van der Waals surface area (Å²) in [5.41, 5.74) is 0.719. The maximum absolute atomic E-state index is 12.2. The second-order valence-corrected chi connectivity index (χ2v) is 6.73. The molecule has 0 aliphatic rings. The zero-order chi connectivity index (χ0) is 18.5. The Kier molecular flexibility index (Phi) is 5.58. The maximum Gasteiger partial charge on any atom is 0.292 e. The molecule has 26 heavy (non-hydrogen) atoms. The molecule has 132 valence electrons. The van der Waals surface area contributed by atoms with Crippen molar-refractivity contribution in [2.75, 3.05) is 11.1 Å². The second kappa shape index (κ2) is 8.06. The highest BCUT2D eigenvalue weighted by Crippen LogP contribution is 2.26. The van der Waals surface area contributed by atoms with Gasteiger partial charge in [-0.05, 0) is 44.6 Å². The number of thioether (sulfide) groups is 1. The predicted octanol–water partition coefficient (Wildman–Crippen LogP) is 3.06. The first-order chi connectivity index (χ1) is 12.6. The third kappa shape index (κ3) is 4.06. The highest BCUT2D eigenvalue weighted by atomic mass is 79.9. The van der Waals surface area contributed by atoms with Gasteiger partial charge in [0.05, 0.1) is 16.4 Å². The molecule has 0 unspecified atom stereocenters. The number of rotatable bonds is 6. The van der Waals surface area contributed by atoms with Gasteiger partial charge < -0.3 is 5.32 Å². The maximum atomic E-state index is 12.2. The van der Waals surface area contributed by atoms with Crippen molar-refractivity contribution in [1.82, 2.24) is 20.2 Å². The van der Waals surface area contributed by atoms with Crippen LogP contribution in [-0.4, -0.2) is 36.8 Å². The molecule has 0 atom stereocenters. The summed E-state index contributed by atoms with van der Waals surface area (Å²) in [5, 5.41) is 25.4. The fraction of sp³-hybridized carbons (Fsp3) is 0.0667. The zero-order valence-electron chi connectivity index (χ0n) is 13.1. The first-order valence-corrected chi connectivity index (χ1v) is 9.03. The minimum atomic E-state index is -0.545. The van der Waals surface area contributed by atoms with E-state index in [0.29, 0.717) is 5.16 Å². The summed E-state index contributed by atoms with van der Waals surface area (Å²) < 4.78 is 2.31. The number of hydrogen-bond acceptors (Lipinski definition) is 7. The first kappa shape index (κ1) is 18.0. The molecule has 0 aliphatic carbocycles. The molecular weight excluding hydrogens is 424 g/mol. The molecule has 0 saturated heterocycles. The number of tetrazole rings is 1. The molecule has 11 heteroatoms. The monoisotopic (exact) mass is 434 g/mol. The molecule has 2 aromatic carbocycles. The van der Waals surface area contributed by atoms with E-state index in [1.165, 1.54) is 22.9 Å². The molecule has 0 radical (unpaired) electrons. The van der Waals surface area contributed by atoms with E-state index < -0.39 is 10.8 Å². The van der Waals surface area contributed by atoms with Crippen molar-refractivity contribution in [3.8, 4) is 5.69 Å². The number of nitrogens with one attached hydrogen (secondary N) is 1. The van der Waals surface area contributed by atoms with E-state index in [9.17, 15) is 14.9 Å². The minimum Gasteiger partial charge on any atom is -0.320 e. The number of carbonyl (C=O) groups excluding carboxylic acids is 1. The van der Waals surface area contributed by atoms with Gasteiger partial charge in [-0.3, -0.25) is 14.9 Å². The Bertz CT molecular complexity index is 964. The lowest BCUT2D eigenvalue weighted by molar-refractivity contribution is -0.383. The summed E-state index contributed by atoms with van der Waals surface area (Å²) in [5.74, 6) is -0.400. The van der Waals surface area contributed by atoms with Crippen molar-refractivity contribution in [2.24, 2.45) is 0 Å². The van der Waals surface area contributed by atoms with Gasteiger partial charge in [0.25, 0.3) is 5.69 Å². The number of carbonyl (C=O) groups is 1. The summed E-state index contributed by atoms with van der Waals surface area (Å²) in [7, 11) is 0. The minimum absolute atomic E-state index is 0.00310. The van der Waals surface area contributed by atoms with Gasteiger partial charge in [0.15, 0.2) is 0 Å². The van der Waals surface area contributed by atoms with Crippen molar-refractivity contribution in [2.45, 2.75) is 5.16 Å². The number of aromatic nitrogens is 4. The van der Waals surface area contributed by atoms with Gasteiger partial charge in [-0.1, -0.05) is 36.0 Å². The van der Waals surface area contributed by atoms with Crippen molar-refractivity contribution in [1.29, 1.82) is 0 Å². The Balaban J connectivity index is 1.69. The van der Waals surface area contributed by atoms with E-state index in [4.69, 9.17) is 0 Å². The number of nitro groups is 1. The van der Waals surface area contributed by atoms with E-state index in [-0.39, 0.29) is 17.1 Å². The third-order valence-electron chi connectivity index (χ3n) is 3.23. The summed E-state index contributed by atoms with van der Waals surface area (Å²) >= 11 is 4.55. The number of hydrogen-bond donors (Lipinski definition) is 1. The Labute approximate surface area is 160 Å². The zero-order valence-corrected chi connectivity index (χ0v) is 15.5. The van der Waals surface area contributed by atoms with E-state index in [2.05, 4.69) is 36.8 Å². The SMILES string of the molecule is O=C(CSc1nnnn1-c1ccccc1Br)Nc1ccccc1[N+](=O)[O-]. The van der Waals surface area contributed by atoms with Gasteiger partial charge in [0.2, 0.25) is 11.1 Å². The van der Waals surface area contributed by atoms with Crippen molar-refractivity contribution in [3.63, 3.8) is 0 Å². The molecule has 0 bridgehead atoms. The molecule has 1 N–H and O–H groups in total. The van der Waals surface area contributed by atoms with Crippen LogP contribution in [-0.2, 0) is 4.79 Å². The van der Waals surface area contributed by atoms with Gasteiger partial charge >= 0.3 is 0 Å². The normalized spacial score (nSPS) is 10.5. The van der Waals surface area contributed by atoms with E-state index >= 15 is 0 Å². The summed E-state index contributed by atoms with van der Waals surface area (Å²) in [6, 6.07) is 13.4. The summed E-state index contributed by atoms with van der Waals surface area (Å²) in [6.45, 7) is 0. The number of nitrogens with zero attached hydrogens (tertiary/aromatic N) is 5. The summed E-state index contributed by atoms with van der Waals surface area (Å²) in [4.78, 5) is 22.6. The molecule has 0 aliphatic heterocycles. The van der Waals surface area contributed by atoms with Crippen LogP contribution in [0.3, 0.4) is 0 Å². The van der Waals surface area contributed by atoms with Crippen LogP contribution in [0.2, 0.25) is 0 Å². The lowest BCUT2D eigenvalue weighted by Crippen LogP contribution is -2.15. The number of halogens is 1. The third-order valence-corrected chi connectivity index (χ3v) is 4.82. The smallest absolute Gasteiger partial charge is 0.292 e. The molecule has 1 amide bonds. The van der Waals surface area contributed by atoms with E-state index in [1.54, 1.807) is 6.07 Å². The first-order valence-electron chi connectivity index (χ1n) is 7.25. The van der Waals surface area contributed by atoms with Crippen LogP contribution in [0.5, 0.6) is 0 Å². The topological polar surface area (TPSA) is 116 Å². The Morgan fingerprint density at radius 1 is 1.23 bits per heavy atom. The molecule has 3 rings (SSSR count). The Morgan fingerprint density at radius 2 is 1.96 bits per heavy atom. The highest BCUT2D eigenvalue weighted by molar-refractivity contribution is 9.10. The molecule has 1 aromatic heterocycles. The van der Waals surface area contributed by atoms with Gasteiger partial charge in [0, 0.05) is 10.5 Å².